The Morgan fingerprint density at radius 1 is 0.722 bits per heavy atom. The lowest BCUT2D eigenvalue weighted by Crippen LogP contribution is -2.30. The zero-order valence-corrected chi connectivity index (χ0v) is 14.8. The van der Waals surface area contributed by atoms with Gasteiger partial charge in [-0.2, -0.15) is 0 Å². The molecule has 18 heavy (non-hydrogen) atoms. The topological polar surface area (TPSA) is 0 Å². The highest BCUT2D eigenvalue weighted by atomic mass is 14.4. The molecule has 1 aliphatic rings. The second-order valence-electron chi connectivity index (χ2n) is 7.06. The second-order valence-corrected chi connectivity index (χ2v) is 7.06. The fourth-order valence-electron chi connectivity index (χ4n) is 3.40. The molecule has 0 heteroatoms. The minimum atomic E-state index is 0.487. The van der Waals surface area contributed by atoms with Crippen molar-refractivity contribution in [2.75, 3.05) is 0 Å². The molecular weight excluding hydrogens is 216 g/mol. The molecule has 1 fully saturated rings. The summed E-state index contributed by atoms with van der Waals surface area (Å²) in [4.78, 5) is 0. The quantitative estimate of drug-likeness (QED) is 0.495. The van der Waals surface area contributed by atoms with E-state index in [4.69, 9.17) is 0 Å². The van der Waals surface area contributed by atoms with Crippen LogP contribution in [0.2, 0.25) is 0 Å². The molecule has 0 atom stereocenters. The van der Waals surface area contributed by atoms with Gasteiger partial charge in [0.2, 0.25) is 0 Å². The summed E-state index contributed by atoms with van der Waals surface area (Å²) in [5.74, 6) is 0.982. The molecule has 0 aliphatic heterocycles. The second kappa shape index (κ2) is 9.87. The molecule has 0 amide bonds. The van der Waals surface area contributed by atoms with Crippen molar-refractivity contribution >= 4 is 0 Å². The first-order valence-corrected chi connectivity index (χ1v) is 8.31. The van der Waals surface area contributed by atoms with E-state index < -0.39 is 0 Å². The van der Waals surface area contributed by atoms with Crippen LogP contribution < -0.4 is 0 Å². The van der Waals surface area contributed by atoms with Crippen LogP contribution in [0, 0.1) is 16.7 Å². The zero-order chi connectivity index (χ0) is 14.8. The van der Waals surface area contributed by atoms with E-state index in [0.29, 0.717) is 10.8 Å². The third kappa shape index (κ3) is 9.00. The minimum absolute atomic E-state index is 0.487. The maximum Gasteiger partial charge on any atom is -0.0321 e. The van der Waals surface area contributed by atoms with Gasteiger partial charge in [0, 0.05) is 0 Å². The zero-order valence-electron chi connectivity index (χ0n) is 14.8. The van der Waals surface area contributed by atoms with Gasteiger partial charge >= 0.3 is 0 Å². The smallest absolute Gasteiger partial charge is 0.0321 e. The Labute approximate surface area is 118 Å². The van der Waals surface area contributed by atoms with Gasteiger partial charge in [0.05, 0.1) is 0 Å². The van der Waals surface area contributed by atoms with Crippen LogP contribution in [-0.4, -0.2) is 0 Å². The maximum absolute atomic E-state index is 2.48. The van der Waals surface area contributed by atoms with Crippen LogP contribution in [0.4, 0.5) is 0 Å². The highest BCUT2D eigenvalue weighted by molar-refractivity contribution is 4.84. The molecule has 0 saturated heterocycles. The Morgan fingerprint density at radius 3 is 1.44 bits per heavy atom. The first-order chi connectivity index (χ1) is 8.31. The van der Waals surface area contributed by atoms with Gasteiger partial charge < -0.3 is 0 Å². The van der Waals surface area contributed by atoms with E-state index in [1.807, 2.05) is 27.7 Å². The maximum atomic E-state index is 2.48. The van der Waals surface area contributed by atoms with Gasteiger partial charge in [-0.05, 0) is 36.0 Å². The first-order valence-electron chi connectivity index (χ1n) is 8.31. The summed E-state index contributed by atoms with van der Waals surface area (Å²) in [6.07, 6.45) is 8.73. The Kier molecular flexibility index (Phi) is 11.1. The summed E-state index contributed by atoms with van der Waals surface area (Å²) in [6, 6.07) is 0. The molecule has 0 radical (unpaired) electrons. The van der Waals surface area contributed by atoms with E-state index in [0.717, 1.165) is 5.92 Å². The molecule has 1 saturated carbocycles. The van der Waals surface area contributed by atoms with Crippen molar-refractivity contribution in [3.63, 3.8) is 0 Å². The highest BCUT2D eigenvalue weighted by Gasteiger charge is 2.33. The van der Waals surface area contributed by atoms with Crippen LogP contribution in [-0.2, 0) is 0 Å². The molecule has 0 aromatic rings. The number of hydrogen-bond donors (Lipinski definition) is 0. The summed E-state index contributed by atoms with van der Waals surface area (Å²) in [5.41, 5.74) is 1.04. The third-order valence-electron chi connectivity index (χ3n) is 3.70. The molecule has 1 rings (SSSR count). The van der Waals surface area contributed by atoms with Crippen molar-refractivity contribution in [3.8, 4) is 0 Å². The van der Waals surface area contributed by atoms with E-state index >= 15 is 0 Å². The van der Waals surface area contributed by atoms with Gasteiger partial charge in [0.1, 0.15) is 0 Å². The number of hydrogen-bond acceptors (Lipinski definition) is 0. The molecule has 0 unspecified atom stereocenters. The summed E-state index contributed by atoms with van der Waals surface area (Å²) >= 11 is 0. The Hall–Kier alpha value is 0. The van der Waals surface area contributed by atoms with Crippen molar-refractivity contribution in [3.05, 3.63) is 0 Å². The van der Waals surface area contributed by atoms with Crippen molar-refractivity contribution in [2.24, 2.45) is 16.7 Å². The fraction of sp³-hybridized carbons (Fsp3) is 1.00. The molecule has 0 bridgehead atoms. The normalized spacial score (nSPS) is 17.2. The van der Waals surface area contributed by atoms with E-state index in [9.17, 15) is 0 Å². The average Bonchev–Trinajstić information content (AvgIpc) is 2.32. The summed E-state index contributed by atoms with van der Waals surface area (Å²) < 4.78 is 0. The van der Waals surface area contributed by atoms with Gasteiger partial charge in [-0.15, -0.1) is 0 Å². The predicted molar refractivity (Wildman–Crippen MR) is 87.1 cm³/mol. The third-order valence-corrected chi connectivity index (χ3v) is 3.70. The first kappa shape index (κ1) is 20.3. The van der Waals surface area contributed by atoms with Crippen LogP contribution in [0.15, 0.2) is 0 Å². The fourth-order valence-corrected chi connectivity index (χ4v) is 3.40. The van der Waals surface area contributed by atoms with E-state index in [1.165, 1.54) is 38.5 Å². The van der Waals surface area contributed by atoms with Crippen LogP contribution in [0.3, 0.4) is 0 Å². The largest absolute Gasteiger partial charge is 0.0683 e. The van der Waals surface area contributed by atoms with E-state index in [2.05, 4.69) is 34.6 Å². The van der Waals surface area contributed by atoms with Crippen molar-refractivity contribution in [1.82, 2.24) is 0 Å². The van der Waals surface area contributed by atoms with Crippen LogP contribution in [0.5, 0.6) is 0 Å². The molecule has 0 nitrogen and oxygen atoms in total. The molecule has 0 spiro atoms. The molecular formula is C18H40. The SMILES string of the molecule is CC.CC.CC(C)(C)CC(C)(C)C1CCCCC1. The summed E-state index contributed by atoms with van der Waals surface area (Å²) in [5, 5.41) is 0. The lowest BCUT2D eigenvalue weighted by atomic mass is 9.65. The van der Waals surface area contributed by atoms with Crippen molar-refractivity contribution in [1.29, 1.82) is 0 Å². The Balaban J connectivity index is 0. The average molecular weight is 257 g/mol. The van der Waals surface area contributed by atoms with E-state index in [-0.39, 0.29) is 0 Å². The lowest BCUT2D eigenvalue weighted by Gasteiger charge is -2.41. The highest BCUT2D eigenvalue weighted by Crippen LogP contribution is 2.44. The molecule has 0 N–H and O–H groups in total. The monoisotopic (exact) mass is 256 g/mol. The van der Waals surface area contributed by atoms with Gasteiger partial charge in [-0.1, -0.05) is 81.6 Å². The van der Waals surface area contributed by atoms with Crippen molar-refractivity contribution in [2.45, 2.75) is 101 Å². The molecule has 0 aromatic heterocycles. The summed E-state index contributed by atoms with van der Waals surface area (Å²) in [6.45, 7) is 20.1. The van der Waals surface area contributed by atoms with Crippen LogP contribution >= 0.6 is 0 Å². The van der Waals surface area contributed by atoms with Crippen LogP contribution in [0.1, 0.15) is 101 Å². The van der Waals surface area contributed by atoms with Crippen molar-refractivity contribution < 1.29 is 0 Å². The summed E-state index contributed by atoms with van der Waals surface area (Å²) in [7, 11) is 0. The van der Waals surface area contributed by atoms with E-state index in [1.54, 1.807) is 0 Å². The number of rotatable bonds is 2. The molecule has 1 aliphatic carbocycles. The standard InChI is InChI=1S/C14H28.2C2H6/c1-13(2,3)11-14(4,5)12-9-7-6-8-10-12;2*1-2/h12H,6-11H2,1-5H3;2*1-2H3. The van der Waals surface area contributed by atoms with Gasteiger partial charge in [-0.25, -0.2) is 0 Å². The van der Waals surface area contributed by atoms with Gasteiger partial charge in [-0.3, -0.25) is 0 Å². The van der Waals surface area contributed by atoms with Gasteiger partial charge in [0.15, 0.2) is 0 Å². The predicted octanol–water partition coefficient (Wildman–Crippen LogP) is 7.08. The Bertz CT molecular complexity index is 165. The molecule has 0 heterocycles. The molecule has 0 aromatic carbocycles. The van der Waals surface area contributed by atoms with Gasteiger partial charge in [0.25, 0.3) is 0 Å². The van der Waals surface area contributed by atoms with Crippen LogP contribution in [0.25, 0.3) is 0 Å². The lowest BCUT2D eigenvalue weighted by molar-refractivity contribution is 0.0996. The molecule has 112 valence electrons. The Morgan fingerprint density at radius 2 is 1.11 bits per heavy atom. The minimum Gasteiger partial charge on any atom is -0.0683 e.